The Bertz CT molecular complexity index is 1380. The Kier molecular flexibility index (Phi) is 5.56. The van der Waals surface area contributed by atoms with Crippen LogP contribution in [0.25, 0.3) is 39.6 Å². The van der Waals surface area contributed by atoms with Gasteiger partial charge in [0.2, 0.25) is 0 Å². The summed E-state index contributed by atoms with van der Waals surface area (Å²) in [5.74, 6) is 0.802. The molecule has 0 aliphatic heterocycles. The van der Waals surface area contributed by atoms with Crippen molar-refractivity contribution in [2.45, 2.75) is 0 Å². The van der Waals surface area contributed by atoms with Crippen LogP contribution in [0.15, 0.2) is 108 Å². The molecule has 1 aromatic heterocycles. The minimum atomic E-state index is 0.160. The van der Waals surface area contributed by atoms with Crippen LogP contribution in [-0.4, -0.2) is 14.7 Å². The highest BCUT2D eigenvalue weighted by atomic mass is 79.9. The molecular weight excluding hydrogens is 484 g/mol. The van der Waals surface area contributed by atoms with Gasteiger partial charge in [0.05, 0.1) is 17.0 Å². The number of hydrogen-bond acceptors (Lipinski definition) is 2. The van der Waals surface area contributed by atoms with E-state index in [9.17, 15) is 5.11 Å². The summed E-state index contributed by atoms with van der Waals surface area (Å²) in [6.45, 7) is 0. The molecule has 156 valence electrons. The number of halogens is 2. The van der Waals surface area contributed by atoms with E-state index >= 15 is 0 Å². The number of aromatic hydroxyl groups is 1. The van der Waals surface area contributed by atoms with E-state index in [2.05, 4.69) is 32.6 Å². The molecule has 32 heavy (non-hydrogen) atoms. The van der Waals surface area contributed by atoms with Gasteiger partial charge in [-0.25, -0.2) is 4.98 Å². The molecule has 0 fully saturated rings. The van der Waals surface area contributed by atoms with Crippen LogP contribution in [0.4, 0.5) is 0 Å². The quantitative estimate of drug-likeness (QED) is 0.271. The third kappa shape index (κ3) is 3.83. The van der Waals surface area contributed by atoms with Crippen molar-refractivity contribution in [2.24, 2.45) is 0 Å². The fourth-order valence-corrected chi connectivity index (χ4v) is 4.28. The van der Waals surface area contributed by atoms with Crippen molar-refractivity contribution >= 4 is 27.5 Å². The molecule has 4 aromatic carbocycles. The monoisotopic (exact) mass is 500 g/mol. The molecule has 0 atom stereocenters. The Morgan fingerprint density at radius 1 is 0.750 bits per heavy atom. The van der Waals surface area contributed by atoms with Gasteiger partial charge in [-0.1, -0.05) is 88.2 Å². The highest BCUT2D eigenvalue weighted by molar-refractivity contribution is 9.10. The zero-order chi connectivity index (χ0) is 22.1. The summed E-state index contributed by atoms with van der Waals surface area (Å²) >= 11 is 9.72. The SMILES string of the molecule is Oc1ccc(Br)cc1-c1nc(-c2ccccc2)c(-c2ccccc2)n1-c1ccc(Cl)cc1. The number of aromatic nitrogens is 2. The van der Waals surface area contributed by atoms with E-state index in [0.717, 1.165) is 32.7 Å². The van der Waals surface area contributed by atoms with Crippen molar-refractivity contribution in [3.63, 3.8) is 0 Å². The highest BCUT2D eigenvalue weighted by Crippen LogP contribution is 2.41. The van der Waals surface area contributed by atoms with Gasteiger partial charge in [-0.2, -0.15) is 0 Å². The first-order valence-corrected chi connectivity index (χ1v) is 11.3. The Hall–Kier alpha value is -3.34. The van der Waals surface area contributed by atoms with Crippen LogP contribution in [0.2, 0.25) is 5.02 Å². The Morgan fingerprint density at radius 3 is 2.03 bits per heavy atom. The lowest BCUT2D eigenvalue weighted by Crippen LogP contribution is -2.00. The van der Waals surface area contributed by atoms with E-state index in [1.807, 2.05) is 84.9 Å². The van der Waals surface area contributed by atoms with Crippen molar-refractivity contribution in [3.05, 3.63) is 113 Å². The molecule has 1 heterocycles. The summed E-state index contributed by atoms with van der Waals surface area (Å²) in [6, 6.07) is 33.3. The summed E-state index contributed by atoms with van der Waals surface area (Å²) in [6.07, 6.45) is 0. The molecule has 0 spiro atoms. The van der Waals surface area contributed by atoms with Crippen molar-refractivity contribution in [1.29, 1.82) is 0 Å². The maximum Gasteiger partial charge on any atom is 0.149 e. The molecule has 0 aliphatic rings. The van der Waals surface area contributed by atoms with Crippen LogP contribution in [0.1, 0.15) is 0 Å². The van der Waals surface area contributed by atoms with Gasteiger partial charge in [-0.05, 0) is 42.5 Å². The fraction of sp³-hybridized carbons (Fsp3) is 0. The normalized spacial score (nSPS) is 10.9. The van der Waals surface area contributed by atoms with Crippen molar-refractivity contribution in [2.75, 3.05) is 0 Å². The second-order valence-electron chi connectivity index (χ2n) is 7.34. The van der Waals surface area contributed by atoms with Crippen LogP contribution in [0, 0.1) is 0 Å². The maximum absolute atomic E-state index is 10.7. The molecule has 1 N–H and O–H groups in total. The van der Waals surface area contributed by atoms with E-state index in [1.165, 1.54) is 0 Å². The number of nitrogens with zero attached hydrogens (tertiary/aromatic N) is 2. The van der Waals surface area contributed by atoms with Crippen LogP contribution in [0.5, 0.6) is 5.75 Å². The van der Waals surface area contributed by atoms with Gasteiger partial charge in [-0.3, -0.25) is 4.57 Å². The predicted octanol–water partition coefficient (Wildman–Crippen LogP) is 7.99. The molecule has 5 heteroatoms. The number of hydrogen-bond donors (Lipinski definition) is 1. The molecule has 0 saturated heterocycles. The minimum absolute atomic E-state index is 0.160. The lowest BCUT2D eigenvalue weighted by atomic mass is 10.0. The predicted molar refractivity (Wildman–Crippen MR) is 134 cm³/mol. The zero-order valence-corrected chi connectivity index (χ0v) is 19.3. The summed E-state index contributed by atoms with van der Waals surface area (Å²) in [5, 5.41) is 11.4. The molecule has 0 unspecified atom stereocenters. The number of phenolic OH excluding ortho intramolecular Hbond substituents is 1. The van der Waals surface area contributed by atoms with E-state index in [4.69, 9.17) is 16.6 Å². The third-order valence-electron chi connectivity index (χ3n) is 5.26. The van der Waals surface area contributed by atoms with E-state index in [-0.39, 0.29) is 5.75 Å². The number of benzene rings is 4. The van der Waals surface area contributed by atoms with Gasteiger partial charge in [-0.15, -0.1) is 0 Å². The lowest BCUT2D eigenvalue weighted by Gasteiger charge is -2.14. The van der Waals surface area contributed by atoms with Crippen LogP contribution < -0.4 is 0 Å². The summed E-state index contributed by atoms with van der Waals surface area (Å²) < 4.78 is 2.94. The van der Waals surface area contributed by atoms with Crippen molar-refractivity contribution in [1.82, 2.24) is 9.55 Å². The summed E-state index contributed by atoms with van der Waals surface area (Å²) in [7, 11) is 0. The maximum atomic E-state index is 10.7. The molecule has 0 bridgehead atoms. The molecule has 5 aromatic rings. The van der Waals surface area contributed by atoms with Crippen LogP contribution >= 0.6 is 27.5 Å². The molecule has 0 saturated carbocycles. The van der Waals surface area contributed by atoms with Crippen LogP contribution in [0.3, 0.4) is 0 Å². The van der Waals surface area contributed by atoms with Gasteiger partial charge in [0.1, 0.15) is 11.6 Å². The first-order chi connectivity index (χ1) is 15.6. The molecule has 5 rings (SSSR count). The average molecular weight is 502 g/mol. The standard InChI is InChI=1S/C27H18BrClN2O/c28-20-11-16-24(32)23(17-20)27-30-25(18-7-3-1-4-8-18)26(19-9-5-2-6-10-19)31(27)22-14-12-21(29)13-15-22/h1-17,32H. The van der Waals surface area contributed by atoms with E-state index in [0.29, 0.717) is 16.4 Å². The smallest absolute Gasteiger partial charge is 0.149 e. The second-order valence-corrected chi connectivity index (χ2v) is 8.69. The first kappa shape index (κ1) is 20.6. The molecular formula is C27H18BrClN2O. The van der Waals surface area contributed by atoms with Gasteiger partial charge >= 0.3 is 0 Å². The Balaban J connectivity index is 1.91. The fourth-order valence-electron chi connectivity index (χ4n) is 3.79. The first-order valence-electron chi connectivity index (χ1n) is 10.1. The van der Waals surface area contributed by atoms with Gasteiger partial charge in [0.15, 0.2) is 0 Å². The highest BCUT2D eigenvalue weighted by Gasteiger charge is 2.23. The van der Waals surface area contributed by atoms with Gasteiger partial charge < -0.3 is 5.11 Å². The van der Waals surface area contributed by atoms with Crippen molar-refractivity contribution in [3.8, 4) is 45.3 Å². The molecule has 3 nitrogen and oxygen atoms in total. The lowest BCUT2D eigenvalue weighted by molar-refractivity contribution is 0.476. The van der Waals surface area contributed by atoms with Gasteiger partial charge in [0.25, 0.3) is 0 Å². The van der Waals surface area contributed by atoms with Crippen molar-refractivity contribution < 1.29 is 5.11 Å². The largest absolute Gasteiger partial charge is 0.507 e. The third-order valence-corrected chi connectivity index (χ3v) is 6.00. The summed E-state index contributed by atoms with van der Waals surface area (Å²) in [4.78, 5) is 5.08. The average Bonchev–Trinajstić information content (AvgIpc) is 3.23. The number of phenols is 1. The van der Waals surface area contributed by atoms with E-state index < -0.39 is 0 Å². The molecule has 0 aliphatic carbocycles. The topological polar surface area (TPSA) is 38.1 Å². The zero-order valence-electron chi connectivity index (χ0n) is 16.9. The van der Waals surface area contributed by atoms with E-state index in [1.54, 1.807) is 6.07 Å². The summed E-state index contributed by atoms with van der Waals surface area (Å²) in [5.41, 5.74) is 5.32. The molecule has 0 amide bonds. The Morgan fingerprint density at radius 2 is 1.38 bits per heavy atom. The van der Waals surface area contributed by atoms with Crippen LogP contribution in [-0.2, 0) is 0 Å². The molecule has 0 radical (unpaired) electrons. The number of rotatable bonds is 4. The minimum Gasteiger partial charge on any atom is -0.507 e. The number of imidazole rings is 1. The van der Waals surface area contributed by atoms with Gasteiger partial charge in [0, 0.05) is 26.3 Å². The second kappa shape index (κ2) is 8.65. The Labute approximate surface area is 199 Å².